The summed E-state index contributed by atoms with van der Waals surface area (Å²) >= 11 is 0. The molecule has 1 heterocycles. The Morgan fingerprint density at radius 1 is 0.960 bits per heavy atom. The van der Waals surface area contributed by atoms with Gasteiger partial charge in [-0.25, -0.2) is 0 Å². The Hall–Kier alpha value is -1.88. The van der Waals surface area contributed by atoms with Crippen molar-refractivity contribution in [3.63, 3.8) is 0 Å². The van der Waals surface area contributed by atoms with Gasteiger partial charge in [-0.05, 0) is 49.4 Å². The van der Waals surface area contributed by atoms with Crippen LogP contribution >= 0.6 is 0 Å². The SMILES string of the molecule is CC(O)(c1ccccc1)c1ccc(OCCCCC2OCCO2)cc1. The van der Waals surface area contributed by atoms with Crippen LogP contribution in [0.4, 0.5) is 0 Å². The maximum Gasteiger partial charge on any atom is 0.157 e. The van der Waals surface area contributed by atoms with Gasteiger partial charge in [0.05, 0.1) is 19.8 Å². The highest BCUT2D eigenvalue weighted by molar-refractivity contribution is 5.37. The Balaban J connectivity index is 1.47. The van der Waals surface area contributed by atoms with Crippen molar-refractivity contribution in [2.75, 3.05) is 19.8 Å². The second kappa shape index (κ2) is 8.48. The molecule has 1 N–H and O–H groups in total. The molecule has 4 nitrogen and oxygen atoms in total. The molecule has 0 bridgehead atoms. The first-order chi connectivity index (χ1) is 12.2. The summed E-state index contributed by atoms with van der Waals surface area (Å²) in [5.74, 6) is 0.820. The summed E-state index contributed by atoms with van der Waals surface area (Å²) in [5.41, 5.74) is 0.711. The molecule has 1 saturated heterocycles. The third-order valence-electron chi connectivity index (χ3n) is 4.55. The molecular formula is C21H26O4. The van der Waals surface area contributed by atoms with E-state index in [9.17, 15) is 5.11 Å². The molecular weight excluding hydrogens is 316 g/mol. The maximum atomic E-state index is 10.8. The van der Waals surface area contributed by atoms with Gasteiger partial charge in [0.25, 0.3) is 0 Å². The zero-order valence-electron chi connectivity index (χ0n) is 14.7. The fraction of sp³-hybridized carbons (Fsp3) is 0.429. The van der Waals surface area contributed by atoms with E-state index in [2.05, 4.69) is 0 Å². The van der Waals surface area contributed by atoms with E-state index in [1.807, 2.05) is 61.5 Å². The van der Waals surface area contributed by atoms with Gasteiger partial charge in [-0.15, -0.1) is 0 Å². The van der Waals surface area contributed by atoms with E-state index in [4.69, 9.17) is 14.2 Å². The topological polar surface area (TPSA) is 47.9 Å². The number of hydrogen-bond acceptors (Lipinski definition) is 4. The highest BCUT2D eigenvalue weighted by Crippen LogP contribution is 2.30. The van der Waals surface area contributed by atoms with Crippen LogP contribution in [-0.4, -0.2) is 31.2 Å². The number of aliphatic hydroxyl groups is 1. The summed E-state index contributed by atoms with van der Waals surface area (Å²) in [6.45, 7) is 3.90. The van der Waals surface area contributed by atoms with E-state index in [0.717, 1.165) is 36.1 Å². The second-order valence-electron chi connectivity index (χ2n) is 6.48. The third kappa shape index (κ3) is 4.82. The molecule has 1 aliphatic heterocycles. The summed E-state index contributed by atoms with van der Waals surface area (Å²) in [7, 11) is 0. The van der Waals surface area contributed by atoms with E-state index in [1.165, 1.54) is 0 Å². The van der Waals surface area contributed by atoms with E-state index >= 15 is 0 Å². The van der Waals surface area contributed by atoms with Gasteiger partial charge in [0.2, 0.25) is 0 Å². The number of unbranched alkanes of at least 4 members (excludes halogenated alkanes) is 1. The summed E-state index contributed by atoms with van der Waals surface area (Å²) in [4.78, 5) is 0. The first-order valence-electron chi connectivity index (χ1n) is 8.91. The fourth-order valence-corrected chi connectivity index (χ4v) is 2.98. The van der Waals surface area contributed by atoms with E-state index in [1.54, 1.807) is 0 Å². The smallest absolute Gasteiger partial charge is 0.157 e. The standard InChI is InChI=1S/C21H26O4/c1-21(22,17-7-3-2-4-8-17)18-10-12-19(13-11-18)23-14-6-5-9-20-24-15-16-25-20/h2-4,7-8,10-13,20,22H,5-6,9,14-16H2,1H3. The van der Waals surface area contributed by atoms with Crippen molar-refractivity contribution in [2.24, 2.45) is 0 Å². The second-order valence-corrected chi connectivity index (χ2v) is 6.48. The highest BCUT2D eigenvalue weighted by Gasteiger charge is 2.25. The molecule has 0 radical (unpaired) electrons. The van der Waals surface area contributed by atoms with Crippen molar-refractivity contribution in [1.29, 1.82) is 0 Å². The fourth-order valence-electron chi connectivity index (χ4n) is 2.98. The summed E-state index contributed by atoms with van der Waals surface area (Å²) in [6.07, 6.45) is 2.87. The molecule has 0 spiro atoms. The average molecular weight is 342 g/mol. The van der Waals surface area contributed by atoms with Gasteiger partial charge < -0.3 is 19.3 Å². The zero-order chi connectivity index (χ0) is 17.5. The van der Waals surface area contributed by atoms with Crippen LogP contribution in [0.3, 0.4) is 0 Å². The minimum atomic E-state index is -1.01. The van der Waals surface area contributed by atoms with Crippen LogP contribution < -0.4 is 4.74 Å². The zero-order valence-corrected chi connectivity index (χ0v) is 14.7. The molecule has 2 aromatic rings. The normalized spacial score (nSPS) is 17.4. The minimum Gasteiger partial charge on any atom is -0.494 e. The van der Waals surface area contributed by atoms with Crippen LogP contribution in [0.25, 0.3) is 0 Å². The van der Waals surface area contributed by atoms with Crippen molar-refractivity contribution >= 4 is 0 Å². The molecule has 1 aliphatic rings. The van der Waals surface area contributed by atoms with Gasteiger partial charge >= 0.3 is 0 Å². The molecule has 3 rings (SSSR count). The summed E-state index contributed by atoms with van der Waals surface area (Å²) in [5, 5.41) is 10.8. The lowest BCUT2D eigenvalue weighted by atomic mass is 9.88. The molecule has 25 heavy (non-hydrogen) atoms. The molecule has 0 aromatic heterocycles. The minimum absolute atomic E-state index is 0.0282. The molecule has 0 amide bonds. The number of benzene rings is 2. The molecule has 134 valence electrons. The molecule has 0 aliphatic carbocycles. The van der Waals surface area contributed by atoms with E-state index in [0.29, 0.717) is 19.8 Å². The van der Waals surface area contributed by atoms with Crippen molar-refractivity contribution in [3.8, 4) is 5.75 Å². The Kier molecular flexibility index (Phi) is 6.08. The van der Waals surface area contributed by atoms with E-state index < -0.39 is 5.60 Å². The van der Waals surface area contributed by atoms with Gasteiger partial charge in [-0.2, -0.15) is 0 Å². The third-order valence-corrected chi connectivity index (χ3v) is 4.55. The largest absolute Gasteiger partial charge is 0.494 e. The first-order valence-corrected chi connectivity index (χ1v) is 8.91. The lowest BCUT2D eigenvalue weighted by Gasteiger charge is -2.24. The van der Waals surface area contributed by atoms with Crippen molar-refractivity contribution in [1.82, 2.24) is 0 Å². The Labute approximate surface area is 149 Å². The van der Waals surface area contributed by atoms with Crippen LogP contribution in [0.15, 0.2) is 54.6 Å². The Morgan fingerprint density at radius 3 is 2.28 bits per heavy atom. The molecule has 4 heteroatoms. The molecule has 1 unspecified atom stereocenters. The van der Waals surface area contributed by atoms with E-state index in [-0.39, 0.29) is 6.29 Å². The maximum absolute atomic E-state index is 10.8. The predicted octanol–water partition coefficient (Wildman–Crippen LogP) is 3.86. The molecule has 0 saturated carbocycles. The van der Waals surface area contributed by atoms with Crippen LogP contribution in [0.1, 0.15) is 37.3 Å². The van der Waals surface area contributed by atoms with Crippen LogP contribution in [0, 0.1) is 0 Å². The summed E-state index contributed by atoms with van der Waals surface area (Å²) < 4.78 is 16.6. The number of hydrogen-bond donors (Lipinski definition) is 1. The average Bonchev–Trinajstić information content (AvgIpc) is 3.16. The van der Waals surface area contributed by atoms with Gasteiger partial charge in [0.15, 0.2) is 6.29 Å². The lowest BCUT2D eigenvalue weighted by Crippen LogP contribution is -2.22. The van der Waals surface area contributed by atoms with Crippen molar-refractivity contribution in [3.05, 3.63) is 65.7 Å². The van der Waals surface area contributed by atoms with Gasteiger partial charge in [0, 0.05) is 0 Å². The van der Waals surface area contributed by atoms with Gasteiger partial charge in [-0.1, -0.05) is 42.5 Å². The van der Waals surface area contributed by atoms with Gasteiger partial charge in [0.1, 0.15) is 11.4 Å². The Morgan fingerprint density at radius 2 is 1.60 bits per heavy atom. The Bertz CT molecular complexity index is 631. The van der Waals surface area contributed by atoms with Gasteiger partial charge in [-0.3, -0.25) is 0 Å². The molecule has 1 atom stereocenters. The van der Waals surface area contributed by atoms with Crippen LogP contribution in [0.5, 0.6) is 5.75 Å². The first kappa shape index (κ1) is 17.9. The molecule has 1 fully saturated rings. The monoisotopic (exact) mass is 342 g/mol. The van der Waals surface area contributed by atoms with Crippen molar-refractivity contribution in [2.45, 2.75) is 38.1 Å². The van der Waals surface area contributed by atoms with Crippen LogP contribution in [-0.2, 0) is 15.1 Å². The van der Waals surface area contributed by atoms with Crippen molar-refractivity contribution < 1.29 is 19.3 Å². The molecule has 2 aromatic carbocycles. The van der Waals surface area contributed by atoms with Crippen LogP contribution in [0.2, 0.25) is 0 Å². The predicted molar refractivity (Wildman–Crippen MR) is 96.6 cm³/mol. The quantitative estimate of drug-likeness (QED) is 0.740. The summed E-state index contributed by atoms with van der Waals surface area (Å²) in [6, 6.07) is 17.3. The number of rotatable bonds is 8. The number of ether oxygens (including phenoxy) is 3. The highest BCUT2D eigenvalue weighted by atomic mass is 16.7. The lowest BCUT2D eigenvalue weighted by molar-refractivity contribution is -0.0482.